The van der Waals surface area contributed by atoms with E-state index < -0.39 is 32.4 Å². The van der Waals surface area contributed by atoms with Crippen LogP contribution in [0.5, 0.6) is 0 Å². The average molecular weight is 471 g/mol. The first-order chi connectivity index (χ1) is 15.4. The van der Waals surface area contributed by atoms with Crippen molar-refractivity contribution in [1.29, 1.82) is 0 Å². The van der Waals surface area contributed by atoms with Gasteiger partial charge < -0.3 is 11.1 Å². The van der Waals surface area contributed by atoms with E-state index in [-0.39, 0.29) is 10.8 Å². The number of nitrogens with one attached hydrogen (secondary N) is 2. The zero-order valence-corrected chi connectivity index (χ0v) is 19.7. The van der Waals surface area contributed by atoms with Gasteiger partial charge in [0.2, 0.25) is 21.8 Å². The third kappa shape index (κ3) is 3.71. The molecule has 2 amide bonds. The molecule has 4 aliphatic carbocycles. The van der Waals surface area contributed by atoms with Crippen molar-refractivity contribution in [2.75, 3.05) is 0 Å². The molecule has 33 heavy (non-hydrogen) atoms. The summed E-state index contributed by atoms with van der Waals surface area (Å²) in [7, 11) is -4.03. The van der Waals surface area contributed by atoms with Crippen LogP contribution in [0.2, 0.25) is 0 Å². The number of hydrogen-bond acceptors (Lipinski definition) is 5. The van der Waals surface area contributed by atoms with Crippen molar-refractivity contribution in [2.45, 2.75) is 68.3 Å². The SMILES string of the molecule is CC(C)(NS(=O)(=O)c1cccc2cccnc12)C(=O)NC12CC3CC(C1)CC(C(N)=O)(C3)C2. The summed E-state index contributed by atoms with van der Waals surface area (Å²) < 4.78 is 29.1. The minimum Gasteiger partial charge on any atom is -0.369 e. The fraction of sp³-hybridized carbons (Fsp3) is 0.542. The molecule has 0 aliphatic heterocycles. The van der Waals surface area contributed by atoms with Crippen LogP contribution in [-0.2, 0) is 19.6 Å². The Morgan fingerprint density at radius 1 is 1.09 bits per heavy atom. The first-order valence-corrected chi connectivity index (χ1v) is 12.9. The number of carbonyl (C=O) groups excluding carboxylic acids is 2. The van der Waals surface area contributed by atoms with Gasteiger partial charge in [0.25, 0.3) is 0 Å². The van der Waals surface area contributed by atoms with Crippen molar-refractivity contribution in [3.05, 3.63) is 36.5 Å². The number of fused-ring (bicyclic) bond motifs is 1. The molecule has 4 aliphatic rings. The number of aromatic nitrogens is 1. The first kappa shape index (κ1) is 22.3. The van der Waals surface area contributed by atoms with Gasteiger partial charge in [-0.3, -0.25) is 14.6 Å². The lowest BCUT2D eigenvalue weighted by molar-refractivity contribution is -0.151. The van der Waals surface area contributed by atoms with Gasteiger partial charge in [-0.15, -0.1) is 0 Å². The number of nitrogens with two attached hydrogens (primary N) is 1. The molecule has 4 N–H and O–H groups in total. The normalized spacial score (nSPS) is 31.0. The molecule has 2 aromatic rings. The summed E-state index contributed by atoms with van der Waals surface area (Å²) in [5.74, 6) is 0.0423. The van der Waals surface area contributed by atoms with Gasteiger partial charge in [-0.1, -0.05) is 18.2 Å². The number of amides is 2. The number of pyridine rings is 1. The van der Waals surface area contributed by atoms with Gasteiger partial charge in [-0.25, -0.2) is 8.42 Å². The molecular weight excluding hydrogens is 440 g/mol. The lowest BCUT2D eigenvalue weighted by atomic mass is 9.46. The van der Waals surface area contributed by atoms with E-state index in [0.717, 1.165) is 32.1 Å². The molecule has 6 rings (SSSR count). The van der Waals surface area contributed by atoms with Crippen LogP contribution in [0.25, 0.3) is 10.9 Å². The van der Waals surface area contributed by atoms with Crippen LogP contribution in [0, 0.1) is 17.3 Å². The Morgan fingerprint density at radius 2 is 1.76 bits per heavy atom. The van der Waals surface area contributed by atoms with Crippen molar-refractivity contribution in [3.63, 3.8) is 0 Å². The predicted molar refractivity (Wildman–Crippen MR) is 123 cm³/mol. The zero-order chi connectivity index (χ0) is 23.6. The number of carbonyl (C=O) groups is 2. The molecule has 0 saturated heterocycles. The molecular formula is C24H30N4O4S. The topological polar surface area (TPSA) is 131 Å². The van der Waals surface area contributed by atoms with Crippen LogP contribution in [0.3, 0.4) is 0 Å². The van der Waals surface area contributed by atoms with E-state index in [4.69, 9.17) is 5.73 Å². The van der Waals surface area contributed by atoms with E-state index in [1.54, 1.807) is 44.3 Å². The Kier molecular flexibility index (Phi) is 4.89. The minimum atomic E-state index is -4.03. The Hall–Kier alpha value is -2.52. The second-order valence-electron chi connectivity index (χ2n) is 10.9. The molecule has 1 aromatic carbocycles. The summed E-state index contributed by atoms with van der Waals surface area (Å²) in [5, 5.41) is 3.87. The van der Waals surface area contributed by atoms with E-state index in [9.17, 15) is 18.0 Å². The third-order valence-electron chi connectivity index (χ3n) is 7.80. The fourth-order valence-electron chi connectivity index (χ4n) is 6.82. The molecule has 8 nitrogen and oxygen atoms in total. The zero-order valence-electron chi connectivity index (χ0n) is 18.9. The van der Waals surface area contributed by atoms with E-state index in [2.05, 4.69) is 15.0 Å². The highest BCUT2D eigenvalue weighted by molar-refractivity contribution is 7.89. The van der Waals surface area contributed by atoms with Crippen LogP contribution in [0.15, 0.2) is 41.4 Å². The molecule has 2 unspecified atom stereocenters. The van der Waals surface area contributed by atoms with Crippen LogP contribution >= 0.6 is 0 Å². The van der Waals surface area contributed by atoms with Gasteiger partial charge in [0.05, 0.1) is 10.9 Å². The lowest BCUT2D eigenvalue weighted by Crippen LogP contribution is -2.68. The monoisotopic (exact) mass is 470 g/mol. The quantitative estimate of drug-likeness (QED) is 0.596. The summed E-state index contributed by atoms with van der Waals surface area (Å²) in [4.78, 5) is 30.0. The van der Waals surface area contributed by atoms with Crippen LogP contribution in [-0.4, -0.2) is 36.3 Å². The van der Waals surface area contributed by atoms with E-state index in [1.165, 1.54) is 6.07 Å². The summed E-state index contributed by atoms with van der Waals surface area (Å²) >= 11 is 0. The van der Waals surface area contributed by atoms with Crippen molar-refractivity contribution in [3.8, 4) is 0 Å². The molecule has 4 bridgehead atoms. The molecule has 2 atom stereocenters. The molecule has 1 aromatic heterocycles. The van der Waals surface area contributed by atoms with Gasteiger partial charge in [-0.05, 0) is 76.3 Å². The number of hydrogen-bond donors (Lipinski definition) is 3. The van der Waals surface area contributed by atoms with Gasteiger partial charge in [0.15, 0.2) is 0 Å². The standard InChI is InChI=1S/C24H30N4O4S/c1-22(2,28-33(31,32)18-7-3-5-17-6-4-8-26-19(17)18)21(30)27-24-12-15-9-16(13-24)11-23(10-15,14-24)20(25)29/h3-8,15-16,28H,9-14H2,1-2H3,(H2,25,29)(H,27,30). The summed E-state index contributed by atoms with van der Waals surface area (Å²) in [6, 6.07) is 8.47. The van der Waals surface area contributed by atoms with Gasteiger partial charge >= 0.3 is 0 Å². The number of primary amides is 1. The fourth-order valence-corrected chi connectivity index (χ4v) is 8.38. The Balaban J connectivity index is 1.39. The number of sulfonamides is 1. The smallest absolute Gasteiger partial charge is 0.243 e. The molecule has 0 spiro atoms. The lowest BCUT2D eigenvalue weighted by Gasteiger charge is -2.61. The second kappa shape index (κ2) is 7.24. The van der Waals surface area contributed by atoms with Crippen molar-refractivity contribution in [1.82, 2.24) is 15.0 Å². The number of para-hydroxylation sites is 1. The van der Waals surface area contributed by atoms with Crippen molar-refractivity contribution >= 4 is 32.7 Å². The Morgan fingerprint density at radius 3 is 2.42 bits per heavy atom. The highest BCUT2D eigenvalue weighted by atomic mass is 32.2. The highest BCUT2D eigenvalue weighted by Gasteiger charge is 2.61. The maximum Gasteiger partial charge on any atom is 0.243 e. The van der Waals surface area contributed by atoms with Crippen LogP contribution < -0.4 is 15.8 Å². The molecule has 9 heteroatoms. The molecule has 4 saturated carbocycles. The highest BCUT2D eigenvalue weighted by Crippen LogP contribution is 2.61. The second-order valence-corrected chi connectivity index (χ2v) is 12.6. The van der Waals surface area contributed by atoms with E-state index >= 15 is 0 Å². The first-order valence-electron chi connectivity index (χ1n) is 11.4. The average Bonchev–Trinajstić information content (AvgIpc) is 2.71. The maximum absolute atomic E-state index is 13.4. The minimum absolute atomic E-state index is 0.0314. The van der Waals surface area contributed by atoms with Gasteiger partial charge in [-0.2, -0.15) is 4.72 Å². The van der Waals surface area contributed by atoms with E-state index in [1.807, 2.05) is 0 Å². The van der Waals surface area contributed by atoms with Crippen molar-refractivity contribution in [2.24, 2.45) is 23.0 Å². The molecule has 1 heterocycles. The summed E-state index contributed by atoms with van der Waals surface area (Å²) in [6.07, 6.45) is 6.34. The molecule has 176 valence electrons. The van der Waals surface area contributed by atoms with Gasteiger partial charge in [0.1, 0.15) is 10.4 Å². The van der Waals surface area contributed by atoms with E-state index in [0.29, 0.717) is 29.2 Å². The van der Waals surface area contributed by atoms with Gasteiger partial charge in [0, 0.05) is 17.1 Å². The number of benzene rings is 1. The van der Waals surface area contributed by atoms with Crippen LogP contribution in [0.1, 0.15) is 52.4 Å². The number of nitrogens with zero attached hydrogens (tertiary/aromatic N) is 1. The third-order valence-corrected chi connectivity index (χ3v) is 9.49. The summed E-state index contributed by atoms with van der Waals surface area (Å²) in [6.45, 7) is 3.12. The Bertz CT molecular complexity index is 1240. The summed E-state index contributed by atoms with van der Waals surface area (Å²) in [5.41, 5.74) is 3.69. The molecule has 0 radical (unpaired) electrons. The largest absolute Gasteiger partial charge is 0.369 e. The Labute approximate surface area is 193 Å². The maximum atomic E-state index is 13.4. The predicted octanol–water partition coefficient (Wildman–Crippen LogP) is 2.23. The number of rotatable bonds is 6. The van der Waals surface area contributed by atoms with Crippen LogP contribution in [0.4, 0.5) is 0 Å². The van der Waals surface area contributed by atoms with Crippen molar-refractivity contribution < 1.29 is 18.0 Å². The molecule has 4 fully saturated rings.